The molecule has 0 bridgehead atoms. The van der Waals surface area contributed by atoms with Crippen molar-refractivity contribution in [3.63, 3.8) is 0 Å². The molecule has 3 aromatic rings. The van der Waals surface area contributed by atoms with Gasteiger partial charge < -0.3 is 0 Å². The number of anilines is 1. The van der Waals surface area contributed by atoms with Crippen LogP contribution >= 0.6 is 11.6 Å². The van der Waals surface area contributed by atoms with E-state index >= 15 is 0 Å². The van der Waals surface area contributed by atoms with Crippen molar-refractivity contribution in [1.29, 1.82) is 0 Å². The Kier molecular flexibility index (Phi) is 6.04. The molecule has 162 valence electrons. The van der Waals surface area contributed by atoms with Crippen LogP contribution in [0.5, 0.6) is 0 Å². The van der Waals surface area contributed by atoms with Crippen LogP contribution in [0.3, 0.4) is 0 Å². The molecule has 4 rings (SSSR count). The van der Waals surface area contributed by atoms with Crippen molar-refractivity contribution in [2.24, 2.45) is 0 Å². The number of rotatable bonds is 5. The van der Waals surface area contributed by atoms with Crippen LogP contribution in [-0.2, 0) is 22.9 Å². The fourth-order valence-electron chi connectivity index (χ4n) is 4.06. The van der Waals surface area contributed by atoms with Crippen molar-refractivity contribution in [3.05, 3.63) is 94.0 Å². The SMILES string of the molecule is Cc1ccc(S(=O)(=O)N2c3ccc(F)cc3CCC2CCc2ccc(Cl)cc2F)cc1. The average Bonchev–Trinajstić information content (AvgIpc) is 2.73. The van der Waals surface area contributed by atoms with Crippen molar-refractivity contribution in [2.75, 3.05) is 4.31 Å². The normalized spacial score (nSPS) is 16.3. The van der Waals surface area contributed by atoms with E-state index in [-0.39, 0.29) is 10.9 Å². The second kappa shape index (κ2) is 8.60. The Morgan fingerprint density at radius 3 is 2.48 bits per heavy atom. The summed E-state index contributed by atoms with van der Waals surface area (Å²) < 4.78 is 56.7. The first kappa shape index (κ1) is 21.8. The molecule has 0 amide bonds. The van der Waals surface area contributed by atoms with Crippen LogP contribution in [-0.4, -0.2) is 14.5 Å². The van der Waals surface area contributed by atoms with Crippen LogP contribution in [0.1, 0.15) is 29.5 Å². The molecule has 0 N–H and O–H groups in total. The minimum atomic E-state index is -3.88. The molecule has 3 nitrogen and oxygen atoms in total. The Morgan fingerprint density at radius 2 is 1.77 bits per heavy atom. The molecule has 1 unspecified atom stereocenters. The third kappa shape index (κ3) is 4.46. The van der Waals surface area contributed by atoms with Crippen molar-refractivity contribution in [3.8, 4) is 0 Å². The van der Waals surface area contributed by atoms with Crippen molar-refractivity contribution in [2.45, 2.75) is 43.5 Å². The maximum atomic E-state index is 14.3. The molecule has 0 saturated carbocycles. The molecule has 31 heavy (non-hydrogen) atoms. The van der Waals surface area contributed by atoms with Gasteiger partial charge in [0.1, 0.15) is 11.6 Å². The first-order valence-electron chi connectivity index (χ1n) is 10.1. The lowest BCUT2D eigenvalue weighted by molar-refractivity contribution is 0.515. The molecule has 1 aliphatic rings. The quantitative estimate of drug-likeness (QED) is 0.462. The van der Waals surface area contributed by atoms with Gasteiger partial charge in [0.15, 0.2) is 0 Å². The Bertz CT molecular complexity index is 1210. The fraction of sp³-hybridized carbons (Fsp3) is 0.250. The highest BCUT2D eigenvalue weighted by molar-refractivity contribution is 7.92. The predicted molar refractivity (Wildman–Crippen MR) is 119 cm³/mol. The van der Waals surface area contributed by atoms with Gasteiger partial charge in [-0.2, -0.15) is 0 Å². The van der Waals surface area contributed by atoms with Gasteiger partial charge in [0.2, 0.25) is 0 Å². The summed E-state index contributed by atoms with van der Waals surface area (Å²) in [5, 5.41) is 0.318. The Labute approximate surface area is 186 Å². The molecular formula is C24H22ClF2NO2S. The van der Waals surface area contributed by atoms with Gasteiger partial charge in [-0.3, -0.25) is 4.31 Å². The summed E-state index contributed by atoms with van der Waals surface area (Å²) in [4.78, 5) is 0.179. The largest absolute Gasteiger partial charge is 0.264 e. The zero-order valence-electron chi connectivity index (χ0n) is 17.0. The van der Waals surface area contributed by atoms with Crippen LogP contribution < -0.4 is 4.31 Å². The van der Waals surface area contributed by atoms with Gasteiger partial charge in [0.25, 0.3) is 10.0 Å². The van der Waals surface area contributed by atoms with Crippen LogP contribution in [0, 0.1) is 18.6 Å². The number of sulfonamides is 1. The smallest absolute Gasteiger partial charge is 0.263 e. The molecular weight excluding hydrogens is 440 g/mol. The number of hydrogen-bond donors (Lipinski definition) is 0. The van der Waals surface area contributed by atoms with Gasteiger partial charge in [-0.25, -0.2) is 17.2 Å². The first-order chi connectivity index (χ1) is 14.8. The molecule has 0 spiro atoms. The predicted octanol–water partition coefficient (Wildman–Crippen LogP) is 6.07. The third-order valence-electron chi connectivity index (χ3n) is 5.70. The van der Waals surface area contributed by atoms with Crippen LogP contribution in [0.25, 0.3) is 0 Å². The van der Waals surface area contributed by atoms with Gasteiger partial charge in [-0.1, -0.05) is 35.4 Å². The van der Waals surface area contributed by atoms with E-state index in [1.807, 2.05) is 6.92 Å². The van der Waals surface area contributed by atoms with Gasteiger partial charge in [-0.05, 0) is 86.2 Å². The van der Waals surface area contributed by atoms with Gasteiger partial charge in [-0.15, -0.1) is 0 Å². The van der Waals surface area contributed by atoms with E-state index < -0.39 is 21.7 Å². The Hall–Kier alpha value is -2.44. The van der Waals surface area contributed by atoms with Crippen LogP contribution in [0.2, 0.25) is 5.02 Å². The van der Waals surface area contributed by atoms with Crippen molar-refractivity contribution < 1.29 is 17.2 Å². The number of fused-ring (bicyclic) bond motifs is 1. The van der Waals surface area contributed by atoms with Gasteiger partial charge in [0.05, 0.1) is 10.6 Å². The van der Waals surface area contributed by atoms with Crippen LogP contribution in [0.4, 0.5) is 14.5 Å². The summed E-state index contributed by atoms with van der Waals surface area (Å²) in [6, 6.07) is 15.0. The van der Waals surface area contributed by atoms with Gasteiger partial charge >= 0.3 is 0 Å². The molecule has 1 atom stereocenters. The zero-order chi connectivity index (χ0) is 22.2. The second-order valence-electron chi connectivity index (χ2n) is 7.85. The number of hydrogen-bond acceptors (Lipinski definition) is 2. The number of aryl methyl sites for hydroxylation is 3. The molecule has 0 saturated heterocycles. The third-order valence-corrected chi connectivity index (χ3v) is 7.81. The van der Waals surface area contributed by atoms with Gasteiger partial charge in [0, 0.05) is 11.1 Å². The summed E-state index contributed by atoms with van der Waals surface area (Å²) in [6.45, 7) is 1.89. The molecule has 0 radical (unpaired) electrons. The lowest BCUT2D eigenvalue weighted by atomic mass is 9.94. The summed E-state index contributed by atoms with van der Waals surface area (Å²) in [5.41, 5.74) is 2.58. The first-order valence-corrected chi connectivity index (χ1v) is 11.9. The maximum absolute atomic E-state index is 14.3. The minimum Gasteiger partial charge on any atom is -0.263 e. The minimum absolute atomic E-state index is 0.179. The maximum Gasteiger partial charge on any atom is 0.264 e. The molecule has 0 aliphatic carbocycles. The molecule has 7 heteroatoms. The topological polar surface area (TPSA) is 37.4 Å². The molecule has 3 aromatic carbocycles. The number of benzene rings is 3. The molecule has 1 heterocycles. The molecule has 1 aliphatic heterocycles. The van der Waals surface area contributed by atoms with E-state index in [1.54, 1.807) is 36.4 Å². The highest BCUT2D eigenvalue weighted by Crippen LogP contribution is 2.37. The highest BCUT2D eigenvalue weighted by atomic mass is 35.5. The van der Waals surface area contributed by atoms with E-state index in [2.05, 4.69) is 0 Å². The molecule has 0 fully saturated rings. The summed E-state index contributed by atoms with van der Waals surface area (Å²) >= 11 is 5.84. The Morgan fingerprint density at radius 1 is 1.03 bits per heavy atom. The Balaban J connectivity index is 1.71. The summed E-state index contributed by atoms with van der Waals surface area (Å²) in [7, 11) is -3.88. The second-order valence-corrected chi connectivity index (χ2v) is 10.1. The lowest BCUT2D eigenvalue weighted by Gasteiger charge is -2.38. The summed E-state index contributed by atoms with van der Waals surface area (Å²) in [6.07, 6.45) is 1.88. The lowest BCUT2D eigenvalue weighted by Crippen LogP contribution is -2.44. The van der Waals surface area contributed by atoms with Crippen molar-refractivity contribution in [1.82, 2.24) is 0 Å². The van der Waals surface area contributed by atoms with E-state index in [0.717, 1.165) is 5.56 Å². The molecule has 0 aromatic heterocycles. The highest BCUT2D eigenvalue weighted by Gasteiger charge is 2.36. The van der Waals surface area contributed by atoms with E-state index in [0.29, 0.717) is 47.5 Å². The average molecular weight is 462 g/mol. The van der Waals surface area contributed by atoms with E-state index in [9.17, 15) is 17.2 Å². The standard InChI is InChI=1S/C24H22ClF2NO2S/c1-16-2-11-22(12-3-16)31(29,30)28-21(9-5-17-4-7-19(25)15-23(17)27)10-6-18-14-20(26)8-13-24(18)28/h2-4,7-8,11-15,21H,5-6,9-10H2,1H3. The van der Waals surface area contributed by atoms with E-state index in [1.165, 1.54) is 28.6 Å². The van der Waals surface area contributed by atoms with Crippen LogP contribution in [0.15, 0.2) is 65.6 Å². The monoisotopic (exact) mass is 461 g/mol. The zero-order valence-corrected chi connectivity index (χ0v) is 18.6. The number of nitrogens with zero attached hydrogens (tertiary/aromatic N) is 1. The van der Waals surface area contributed by atoms with E-state index in [4.69, 9.17) is 11.6 Å². The number of halogens is 3. The summed E-state index contributed by atoms with van der Waals surface area (Å²) in [5.74, 6) is -0.799. The fourth-order valence-corrected chi connectivity index (χ4v) is 5.97. The van der Waals surface area contributed by atoms with Crippen molar-refractivity contribution >= 4 is 27.3 Å².